The molecule has 2 aromatic rings. The average Bonchev–Trinajstić information content (AvgIpc) is 2.64. The van der Waals surface area contributed by atoms with Gasteiger partial charge in [-0.3, -0.25) is 14.5 Å². The van der Waals surface area contributed by atoms with Crippen molar-refractivity contribution in [2.75, 3.05) is 38.0 Å². The minimum atomic E-state index is -0.113. The molecule has 7 heteroatoms. The molecule has 1 aromatic heterocycles. The predicted molar refractivity (Wildman–Crippen MR) is 101 cm³/mol. The number of anilines is 1. The van der Waals surface area contributed by atoms with Gasteiger partial charge in [0.1, 0.15) is 5.69 Å². The Morgan fingerprint density at radius 3 is 2.50 bits per heavy atom. The summed E-state index contributed by atoms with van der Waals surface area (Å²) < 4.78 is 0. The normalized spacial score (nSPS) is 14.9. The van der Waals surface area contributed by atoms with Crippen molar-refractivity contribution in [1.29, 1.82) is 0 Å². The number of nitrogens with one attached hydrogen (secondary N) is 1. The van der Waals surface area contributed by atoms with Crippen LogP contribution in [0, 0.1) is 6.92 Å². The maximum absolute atomic E-state index is 12.5. The van der Waals surface area contributed by atoms with E-state index in [2.05, 4.69) is 10.3 Å². The zero-order chi connectivity index (χ0) is 18.5. The second kappa shape index (κ2) is 8.29. The van der Waals surface area contributed by atoms with Gasteiger partial charge in [0.25, 0.3) is 5.91 Å². The van der Waals surface area contributed by atoms with Crippen molar-refractivity contribution in [1.82, 2.24) is 14.8 Å². The van der Waals surface area contributed by atoms with Crippen molar-refractivity contribution in [2.45, 2.75) is 6.92 Å². The number of benzene rings is 1. The van der Waals surface area contributed by atoms with Crippen molar-refractivity contribution >= 4 is 29.1 Å². The van der Waals surface area contributed by atoms with E-state index in [-0.39, 0.29) is 18.4 Å². The van der Waals surface area contributed by atoms with Crippen molar-refractivity contribution in [3.63, 3.8) is 0 Å². The molecule has 0 unspecified atom stereocenters. The highest BCUT2D eigenvalue weighted by atomic mass is 35.5. The molecule has 2 amide bonds. The van der Waals surface area contributed by atoms with E-state index < -0.39 is 0 Å². The van der Waals surface area contributed by atoms with E-state index in [9.17, 15) is 9.59 Å². The number of para-hydroxylation sites is 1. The fourth-order valence-corrected chi connectivity index (χ4v) is 3.07. The zero-order valence-electron chi connectivity index (χ0n) is 14.6. The second-order valence-electron chi connectivity index (χ2n) is 6.26. The molecule has 0 atom stereocenters. The fourth-order valence-electron chi connectivity index (χ4n) is 2.89. The van der Waals surface area contributed by atoms with Gasteiger partial charge in [0, 0.05) is 31.9 Å². The molecule has 1 aliphatic rings. The number of halogens is 1. The molecular weight excluding hydrogens is 352 g/mol. The maximum atomic E-state index is 12.5. The number of nitrogens with zero attached hydrogens (tertiary/aromatic N) is 3. The first-order valence-corrected chi connectivity index (χ1v) is 8.90. The van der Waals surface area contributed by atoms with E-state index >= 15 is 0 Å². The van der Waals surface area contributed by atoms with Gasteiger partial charge in [-0.25, -0.2) is 4.98 Å². The number of aryl methyl sites for hydroxylation is 1. The van der Waals surface area contributed by atoms with E-state index in [1.807, 2.05) is 36.1 Å². The van der Waals surface area contributed by atoms with Crippen LogP contribution in [-0.4, -0.2) is 59.3 Å². The molecule has 0 saturated carbocycles. The SMILES string of the molecule is Cc1cccc(C(=O)N2CCN(CC(=O)Nc3ccccc3Cl)CC2)n1. The summed E-state index contributed by atoms with van der Waals surface area (Å²) in [7, 11) is 0. The Kier molecular flexibility index (Phi) is 5.85. The summed E-state index contributed by atoms with van der Waals surface area (Å²) in [5.74, 6) is -0.174. The van der Waals surface area contributed by atoms with Crippen LogP contribution in [0.3, 0.4) is 0 Å². The van der Waals surface area contributed by atoms with Crippen molar-refractivity contribution < 1.29 is 9.59 Å². The summed E-state index contributed by atoms with van der Waals surface area (Å²) in [6.45, 7) is 4.59. The summed E-state index contributed by atoms with van der Waals surface area (Å²) in [6, 6.07) is 12.6. The first-order chi connectivity index (χ1) is 12.5. The first kappa shape index (κ1) is 18.4. The molecule has 2 heterocycles. The van der Waals surface area contributed by atoms with Gasteiger partial charge in [-0.2, -0.15) is 0 Å². The Hall–Kier alpha value is -2.44. The standard InChI is InChI=1S/C19H21ClN4O2/c1-14-5-4-8-17(21-14)19(26)24-11-9-23(10-12-24)13-18(25)22-16-7-3-2-6-15(16)20/h2-8H,9-13H2,1H3,(H,22,25). The molecule has 6 nitrogen and oxygen atoms in total. The molecule has 0 spiro atoms. The van der Waals surface area contributed by atoms with Crippen LogP contribution in [0.25, 0.3) is 0 Å². The highest BCUT2D eigenvalue weighted by molar-refractivity contribution is 6.33. The smallest absolute Gasteiger partial charge is 0.272 e. The Morgan fingerprint density at radius 2 is 1.81 bits per heavy atom. The van der Waals surface area contributed by atoms with E-state index in [0.29, 0.717) is 42.6 Å². The number of amides is 2. The van der Waals surface area contributed by atoms with Crippen LogP contribution in [0.2, 0.25) is 5.02 Å². The molecule has 1 saturated heterocycles. The summed E-state index contributed by atoms with van der Waals surface area (Å²) in [6.07, 6.45) is 0. The largest absolute Gasteiger partial charge is 0.335 e. The molecule has 1 N–H and O–H groups in total. The highest BCUT2D eigenvalue weighted by Gasteiger charge is 2.24. The van der Waals surface area contributed by atoms with Crippen LogP contribution < -0.4 is 5.32 Å². The summed E-state index contributed by atoms with van der Waals surface area (Å²) >= 11 is 6.06. The average molecular weight is 373 g/mol. The Morgan fingerprint density at radius 1 is 1.08 bits per heavy atom. The topological polar surface area (TPSA) is 65.5 Å². The van der Waals surface area contributed by atoms with Gasteiger partial charge >= 0.3 is 0 Å². The maximum Gasteiger partial charge on any atom is 0.272 e. The Balaban J connectivity index is 1.50. The molecular formula is C19H21ClN4O2. The number of piperazine rings is 1. The Labute approximate surface area is 157 Å². The number of carbonyl (C=O) groups excluding carboxylic acids is 2. The van der Waals surface area contributed by atoms with E-state index in [1.165, 1.54) is 0 Å². The van der Waals surface area contributed by atoms with Crippen LogP contribution in [0.15, 0.2) is 42.5 Å². The van der Waals surface area contributed by atoms with Crippen molar-refractivity contribution in [3.8, 4) is 0 Å². The first-order valence-electron chi connectivity index (χ1n) is 8.52. The van der Waals surface area contributed by atoms with Gasteiger partial charge in [0.2, 0.25) is 5.91 Å². The lowest BCUT2D eigenvalue weighted by atomic mass is 10.2. The highest BCUT2D eigenvalue weighted by Crippen LogP contribution is 2.20. The van der Waals surface area contributed by atoms with Crippen molar-refractivity contribution in [2.24, 2.45) is 0 Å². The monoisotopic (exact) mass is 372 g/mol. The van der Waals surface area contributed by atoms with Crippen LogP contribution in [0.1, 0.15) is 16.2 Å². The molecule has 0 aliphatic carbocycles. The third-order valence-corrected chi connectivity index (χ3v) is 4.61. The lowest BCUT2D eigenvalue weighted by Crippen LogP contribution is -2.50. The molecule has 1 aromatic carbocycles. The Bertz CT molecular complexity index is 804. The third-order valence-electron chi connectivity index (χ3n) is 4.28. The molecule has 136 valence electrons. The third kappa shape index (κ3) is 4.59. The van der Waals surface area contributed by atoms with Gasteiger partial charge in [0.05, 0.1) is 17.3 Å². The van der Waals surface area contributed by atoms with Gasteiger partial charge in [-0.05, 0) is 31.2 Å². The number of carbonyl (C=O) groups is 2. The van der Waals surface area contributed by atoms with Crippen LogP contribution in [-0.2, 0) is 4.79 Å². The molecule has 0 radical (unpaired) electrons. The quantitative estimate of drug-likeness (QED) is 0.895. The summed E-state index contributed by atoms with van der Waals surface area (Å²) in [5, 5.41) is 3.34. The van der Waals surface area contributed by atoms with E-state index in [4.69, 9.17) is 11.6 Å². The van der Waals surface area contributed by atoms with Crippen LogP contribution in [0.5, 0.6) is 0 Å². The molecule has 3 rings (SSSR count). The number of aromatic nitrogens is 1. The van der Waals surface area contributed by atoms with Gasteiger partial charge < -0.3 is 10.2 Å². The van der Waals surface area contributed by atoms with Gasteiger partial charge in [-0.15, -0.1) is 0 Å². The molecule has 1 fully saturated rings. The molecule has 0 bridgehead atoms. The molecule has 1 aliphatic heterocycles. The lowest BCUT2D eigenvalue weighted by Gasteiger charge is -2.34. The second-order valence-corrected chi connectivity index (χ2v) is 6.67. The van der Waals surface area contributed by atoms with E-state index in [0.717, 1.165) is 5.69 Å². The van der Waals surface area contributed by atoms with Gasteiger partial charge in [0.15, 0.2) is 0 Å². The molecule has 26 heavy (non-hydrogen) atoms. The van der Waals surface area contributed by atoms with E-state index in [1.54, 1.807) is 23.1 Å². The number of rotatable bonds is 4. The summed E-state index contributed by atoms with van der Waals surface area (Å²) in [5.41, 5.74) is 1.90. The zero-order valence-corrected chi connectivity index (χ0v) is 15.4. The lowest BCUT2D eigenvalue weighted by molar-refractivity contribution is -0.117. The fraction of sp³-hybridized carbons (Fsp3) is 0.316. The van der Waals surface area contributed by atoms with Crippen molar-refractivity contribution in [3.05, 3.63) is 58.9 Å². The number of hydrogen-bond acceptors (Lipinski definition) is 4. The van der Waals surface area contributed by atoms with Crippen LogP contribution >= 0.6 is 11.6 Å². The number of hydrogen-bond donors (Lipinski definition) is 1. The number of pyridine rings is 1. The predicted octanol–water partition coefficient (Wildman–Crippen LogP) is 2.44. The van der Waals surface area contributed by atoms with Crippen LogP contribution in [0.4, 0.5) is 5.69 Å². The minimum absolute atomic E-state index is 0.0612. The summed E-state index contributed by atoms with van der Waals surface area (Å²) in [4.78, 5) is 32.8. The minimum Gasteiger partial charge on any atom is -0.335 e. The van der Waals surface area contributed by atoms with Gasteiger partial charge in [-0.1, -0.05) is 29.8 Å².